The summed E-state index contributed by atoms with van der Waals surface area (Å²) in [4.78, 5) is 69.8. The molecule has 13 nitrogen and oxygen atoms in total. The first-order valence-electron chi connectivity index (χ1n) is 17.7. The van der Waals surface area contributed by atoms with Gasteiger partial charge in [-0.2, -0.15) is 0 Å². The number of nitrogens with two attached hydrogens (primary N) is 1. The number of benzene rings is 1. The van der Waals surface area contributed by atoms with E-state index in [0.29, 0.717) is 19.4 Å². The predicted molar refractivity (Wildman–Crippen MR) is 191 cm³/mol. The zero-order chi connectivity index (χ0) is 37.8. The molecule has 282 valence electrons. The molecule has 1 aromatic rings. The first-order chi connectivity index (χ1) is 23.6. The molecule has 0 aliphatic carbocycles. The molecule has 4 N–H and O–H groups in total. The van der Waals surface area contributed by atoms with E-state index in [1.807, 2.05) is 44.2 Å². The maximum Gasteiger partial charge on any atom is 0.328 e. The highest BCUT2D eigenvalue weighted by Gasteiger charge is 2.43. The SMILES string of the molecule is CC[C@H](C)[C@@H]([C@@H](CC(=O)N1CCC[C@H]1[C@H](OC)[C@@H](C)C(=O)N[C@@H](Cc1ccccc1)C(=O)OC)OC)N(C)C(=O)[C@H](C)NC(=O)C(C)(N)CC. The number of methoxy groups -OCH3 is 3. The number of hydrogen-bond acceptors (Lipinski definition) is 9. The van der Waals surface area contributed by atoms with Crippen LogP contribution in [0.15, 0.2) is 30.3 Å². The minimum Gasteiger partial charge on any atom is -0.467 e. The first-order valence-corrected chi connectivity index (χ1v) is 17.7. The van der Waals surface area contributed by atoms with E-state index in [2.05, 4.69) is 10.6 Å². The number of ether oxygens (including phenoxy) is 3. The Kier molecular flexibility index (Phi) is 16.8. The zero-order valence-corrected chi connectivity index (χ0v) is 31.7. The lowest BCUT2D eigenvalue weighted by Crippen LogP contribution is -2.59. The van der Waals surface area contributed by atoms with Crippen LogP contribution in [-0.2, 0) is 44.6 Å². The third-order valence-corrected chi connectivity index (χ3v) is 10.3. The number of hydrogen-bond donors (Lipinski definition) is 3. The third kappa shape index (κ3) is 11.0. The molecule has 1 aliphatic rings. The van der Waals surface area contributed by atoms with Crippen molar-refractivity contribution in [2.24, 2.45) is 17.6 Å². The lowest BCUT2D eigenvalue weighted by molar-refractivity contribution is -0.148. The highest BCUT2D eigenvalue weighted by atomic mass is 16.5. The molecule has 1 heterocycles. The molecule has 9 atom stereocenters. The van der Waals surface area contributed by atoms with Gasteiger partial charge in [-0.1, -0.05) is 64.4 Å². The number of amides is 4. The smallest absolute Gasteiger partial charge is 0.328 e. The average Bonchev–Trinajstić information content (AvgIpc) is 3.60. The molecule has 4 amide bonds. The minimum absolute atomic E-state index is 0.00439. The predicted octanol–water partition coefficient (Wildman–Crippen LogP) is 2.44. The summed E-state index contributed by atoms with van der Waals surface area (Å²) in [5.41, 5.74) is 5.86. The van der Waals surface area contributed by atoms with E-state index in [1.165, 1.54) is 21.3 Å². The van der Waals surface area contributed by atoms with E-state index in [-0.39, 0.29) is 36.5 Å². The maximum atomic E-state index is 14.0. The summed E-state index contributed by atoms with van der Waals surface area (Å²) in [6, 6.07) is 6.75. The normalized spacial score (nSPS) is 19.9. The van der Waals surface area contributed by atoms with Crippen LogP contribution >= 0.6 is 0 Å². The van der Waals surface area contributed by atoms with Gasteiger partial charge in [-0.25, -0.2) is 4.79 Å². The van der Waals surface area contributed by atoms with Crippen LogP contribution in [-0.4, -0.2) is 116 Å². The van der Waals surface area contributed by atoms with Gasteiger partial charge in [0.05, 0.1) is 49.3 Å². The first kappa shape index (κ1) is 42.6. The van der Waals surface area contributed by atoms with Crippen molar-refractivity contribution in [1.29, 1.82) is 0 Å². The second kappa shape index (κ2) is 19.7. The number of esters is 1. The highest BCUT2D eigenvalue weighted by Crippen LogP contribution is 2.29. The number of likely N-dealkylation sites (N-methyl/N-ethyl adjacent to an activating group) is 1. The number of nitrogens with one attached hydrogen (secondary N) is 2. The Balaban J connectivity index is 2.22. The molecular weight excluding hydrogens is 642 g/mol. The largest absolute Gasteiger partial charge is 0.467 e. The van der Waals surface area contributed by atoms with Gasteiger partial charge in [0.15, 0.2) is 0 Å². The monoisotopic (exact) mass is 703 g/mol. The van der Waals surface area contributed by atoms with E-state index in [4.69, 9.17) is 19.9 Å². The molecule has 0 aromatic heterocycles. The summed E-state index contributed by atoms with van der Waals surface area (Å²) in [7, 11) is 5.99. The second-order valence-electron chi connectivity index (χ2n) is 13.8. The molecule has 1 saturated heterocycles. The van der Waals surface area contributed by atoms with Crippen molar-refractivity contribution in [3.8, 4) is 0 Å². The number of carbonyl (C=O) groups excluding carboxylic acids is 5. The Morgan fingerprint density at radius 2 is 1.66 bits per heavy atom. The maximum absolute atomic E-state index is 14.0. The van der Waals surface area contributed by atoms with E-state index >= 15 is 0 Å². The standard InChI is InChI=1S/C37H61N5O8/c1-11-23(3)31(41(7)34(45)25(5)39-36(47)37(6,38)12-2)29(48-8)22-30(43)42-20-16-19-28(42)32(49-9)24(4)33(44)40-27(35(46)50-10)21-26-17-14-13-15-18-26/h13-15,17-18,23-25,27-29,31-32H,11-12,16,19-22,38H2,1-10H3,(H,39,47)(H,40,44)/t23-,24+,25-,27-,28-,29+,31-,32+,37?/m0/s1. The number of nitrogens with zero attached hydrogens (tertiary/aromatic N) is 2. The van der Waals surface area contributed by atoms with E-state index in [1.54, 1.807) is 44.5 Å². The van der Waals surface area contributed by atoms with Crippen molar-refractivity contribution in [3.05, 3.63) is 35.9 Å². The Bertz CT molecular complexity index is 1280. The molecule has 2 rings (SSSR count). The Morgan fingerprint density at radius 1 is 1.02 bits per heavy atom. The van der Waals surface area contributed by atoms with Crippen molar-refractivity contribution < 1.29 is 38.2 Å². The Labute approximate surface area is 298 Å². The van der Waals surface area contributed by atoms with Gasteiger partial charge in [-0.05, 0) is 44.6 Å². The molecule has 1 aromatic carbocycles. The van der Waals surface area contributed by atoms with Crippen LogP contribution in [0.1, 0.15) is 79.2 Å². The molecule has 50 heavy (non-hydrogen) atoms. The van der Waals surface area contributed by atoms with Crippen LogP contribution in [0.25, 0.3) is 0 Å². The van der Waals surface area contributed by atoms with Crippen molar-refractivity contribution in [2.45, 2.75) is 122 Å². The van der Waals surface area contributed by atoms with Gasteiger partial charge in [-0.3, -0.25) is 19.2 Å². The van der Waals surface area contributed by atoms with Gasteiger partial charge >= 0.3 is 5.97 Å². The Hall–Kier alpha value is -3.55. The van der Waals surface area contributed by atoms with Gasteiger partial charge in [0.25, 0.3) is 0 Å². The van der Waals surface area contributed by atoms with Crippen molar-refractivity contribution >= 4 is 29.6 Å². The van der Waals surface area contributed by atoms with Gasteiger partial charge in [0, 0.05) is 34.2 Å². The van der Waals surface area contributed by atoms with Crippen LogP contribution in [0.2, 0.25) is 0 Å². The van der Waals surface area contributed by atoms with Gasteiger partial charge in [-0.15, -0.1) is 0 Å². The summed E-state index contributed by atoms with van der Waals surface area (Å²) in [5.74, 6) is -2.59. The fourth-order valence-corrected chi connectivity index (χ4v) is 6.68. The molecule has 1 aliphatic heterocycles. The third-order valence-electron chi connectivity index (χ3n) is 10.3. The fraction of sp³-hybridized carbons (Fsp3) is 0.703. The quantitative estimate of drug-likeness (QED) is 0.183. The molecule has 0 saturated carbocycles. The number of rotatable bonds is 19. The summed E-state index contributed by atoms with van der Waals surface area (Å²) in [6.45, 7) is 11.3. The number of likely N-dealkylation sites (tertiary alicyclic amines) is 1. The van der Waals surface area contributed by atoms with E-state index < -0.39 is 59.7 Å². The topological polar surface area (TPSA) is 170 Å². The van der Waals surface area contributed by atoms with Crippen molar-refractivity contribution in [2.75, 3.05) is 34.9 Å². The van der Waals surface area contributed by atoms with Crippen LogP contribution in [0.3, 0.4) is 0 Å². The van der Waals surface area contributed by atoms with Crippen LogP contribution in [0.5, 0.6) is 0 Å². The average molecular weight is 704 g/mol. The summed E-state index contributed by atoms with van der Waals surface area (Å²) < 4.78 is 16.8. The minimum atomic E-state index is -1.11. The van der Waals surface area contributed by atoms with Gasteiger partial charge < -0.3 is 40.4 Å². The molecule has 1 unspecified atom stereocenters. The van der Waals surface area contributed by atoms with Crippen LogP contribution in [0, 0.1) is 11.8 Å². The van der Waals surface area contributed by atoms with Gasteiger partial charge in [0.2, 0.25) is 23.6 Å². The van der Waals surface area contributed by atoms with Crippen molar-refractivity contribution in [1.82, 2.24) is 20.4 Å². The van der Waals surface area contributed by atoms with Crippen LogP contribution < -0.4 is 16.4 Å². The van der Waals surface area contributed by atoms with Crippen molar-refractivity contribution in [3.63, 3.8) is 0 Å². The molecular formula is C37H61N5O8. The van der Waals surface area contributed by atoms with Gasteiger partial charge in [0.1, 0.15) is 12.1 Å². The van der Waals surface area contributed by atoms with E-state index in [0.717, 1.165) is 18.4 Å². The lowest BCUT2D eigenvalue weighted by atomic mass is 9.90. The Morgan fingerprint density at radius 3 is 2.20 bits per heavy atom. The molecule has 0 bridgehead atoms. The second-order valence-corrected chi connectivity index (χ2v) is 13.8. The molecule has 1 fully saturated rings. The molecule has 0 spiro atoms. The molecule has 0 radical (unpaired) electrons. The lowest BCUT2D eigenvalue weighted by Gasteiger charge is -2.40. The summed E-state index contributed by atoms with van der Waals surface area (Å²) in [5, 5.41) is 5.58. The molecule has 13 heteroatoms. The highest BCUT2D eigenvalue weighted by molar-refractivity contribution is 5.91. The summed E-state index contributed by atoms with van der Waals surface area (Å²) in [6.07, 6.45) is 1.45. The van der Waals surface area contributed by atoms with Crippen LogP contribution in [0.4, 0.5) is 0 Å². The summed E-state index contributed by atoms with van der Waals surface area (Å²) >= 11 is 0. The van der Waals surface area contributed by atoms with E-state index in [9.17, 15) is 24.0 Å². The fourth-order valence-electron chi connectivity index (χ4n) is 6.68. The zero-order valence-electron chi connectivity index (χ0n) is 31.7. The number of carbonyl (C=O) groups is 5.